The van der Waals surface area contributed by atoms with E-state index in [2.05, 4.69) is 15.4 Å². The highest BCUT2D eigenvalue weighted by atomic mass is 16.1. The Morgan fingerprint density at radius 1 is 1.00 bits per heavy atom. The van der Waals surface area contributed by atoms with E-state index in [1.165, 1.54) is 0 Å². The van der Waals surface area contributed by atoms with Crippen LogP contribution in [-0.2, 0) is 0 Å². The van der Waals surface area contributed by atoms with Crippen molar-refractivity contribution in [3.05, 3.63) is 84.3 Å². The fraction of sp³-hybridized carbons (Fsp3) is 0.0500. The standard InChI is InChI=1S/C20H16N4O/c1-14-17(13-22-24(14)16-9-3-2-4-10-16)20(25)23-18-11-5-7-15-8-6-12-21-19(15)18/h2-13H,1H3,(H,23,25). The molecule has 4 rings (SSSR count). The van der Waals surface area contributed by atoms with E-state index in [4.69, 9.17) is 0 Å². The number of carbonyl (C=O) groups is 1. The van der Waals surface area contributed by atoms with Gasteiger partial charge in [0.1, 0.15) is 0 Å². The number of amides is 1. The topological polar surface area (TPSA) is 59.8 Å². The summed E-state index contributed by atoms with van der Waals surface area (Å²) in [6, 6.07) is 19.3. The lowest BCUT2D eigenvalue weighted by molar-refractivity contribution is 0.102. The number of hydrogen-bond acceptors (Lipinski definition) is 3. The molecule has 0 saturated heterocycles. The van der Waals surface area contributed by atoms with Crippen molar-refractivity contribution in [2.75, 3.05) is 5.32 Å². The molecule has 2 heterocycles. The van der Waals surface area contributed by atoms with Crippen LogP contribution >= 0.6 is 0 Å². The minimum atomic E-state index is -0.196. The fourth-order valence-corrected chi connectivity index (χ4v) is 2.86. The second-order valence-corrected chi connectivity index (χ2v) is 5.73. The summed E-state index contributed by atoms with van der Waals surface area (Å²) in [4.78, 5) is 17.1. The van der Waals surface area contributed by atoms with Gasteiger partial charge in [-0.3, -0.25) is 9.78 Å². The summed E-state index contributed by atoms with van der Waals surface area (Å²) < 4.78 is 1.76. The lowest BCUT2D eigenvalue weighted by Crippen LogP contribution is -2.13. The second kappa shape index (κ2) is 6.20. The van der Waals surface area contributed by atoms with E-state index < -0.39 is 0 Å². The van der Waals surface area contributed by atoms with Crippen LogP contribution in [0.15, 0.2) is 73.1 Å². The first-order chi connectivity index (χ1) is 12.2. The summed E-state index contributed by atoms with van der Waals surface area (Å²) >= 11 is 0. The molecule has 0 radical (unpaired) electrons. The molecule has 122 valence electrons. The molecule has 2 aromatic heterocycles. The fourth-order valence-electron chi connectivity index (χ4n) is 2.86. The molecule has 0 bridgehead atoms. The van der Waals surface area contributed by atoms with Crippen LogP contribution in [0, 0.1) is 6.92 Å². The number of hydrogen-bond donors (Lipinski definition) is 1. The highest BCUT2D eigenvalue weighted by Gasteiger charge is 2.16. The van der Waals surface area contributed by atoms with E-state index >= 15 is 0 Å². The van der Waals surface area contributed by atoms with Crippen LogP contribution in [0.5, 0.6) is 0 Å². The van der Waals surface area contributed by atoms with Gasteiger partial charge in [0.05, 0.1) is 34.3 Å². The Morgan fingerprint density at radius 3 is 2.64 bits per heavy atom. The van der Waals surface area contributed by atoms with E-state index in [0.717, 1.165) is 22.3 Å². The predicted octanol–water partition coefficient (Wildman–Crippen LogP) is 3.98. The average Bonchev–Trinajstić information content (AvgIpc) is 3.04. The van der Waals surface area contributed by atoms with E-state index in [1.807, 2.05) is 67.6 Å². The first-order valence-electron chi connectivity index (χ1n) is 7.99. The van der Waals surface area contributed by atoms with Gasteiger partial charge >= 0.3 is 0 Å². The Balaban J connectivity index is 1.67. The molecule has 1 amide bonds. The molecule has 1 N–H and O–H groups in total. The third-order valence-electron chi connectivity index (χ3n) is 4.14. The van der Waals surface area contributed by atoms with E-state index in [0.29, 0.717) is 11.3 Å². The molecule has 0 spiro atoms. The maximum atomic E-state index is 12.7. The van der Waals surface area contributed by atoms with Crippen LogP contribution in [0.2, 0.25) is 0 Å². The molecular weight excluding hydrogens is 312 g/mol. The summed E-state index contributed by atoms with van der Waals surface area (Å²) in [7, 11) is 0. The zero-order valence-corrected chi connectivity index (χ0v) is 13.7. The molecule has 0 aliphatic heterocycles. The number of pyridine rings is 1. The van der Waals surface area contributed by atoms with Crippen molar-refractivity contribution >= 4 is 22.5 Å². The number of fused-ring (bicyclic) bond motifs is 1. The van der Waals surface area contributed by atoms with Crippen LogP contribution in [-0.4, -0.2) is 20.7 Å². The molecule has 25 heavy (non-hydrogen) atoms. The number of carbonyl (C=O) groups excluding carboxylic acids is 1. The molecule has 0 fully saturated rings. The third kappa shape index (κ3) is 2.76. The monoisotopic (exact) mass is 328 g/mol. The minimum absolute atomic E-state index is 0.196. The summed E-state index contributed by atoms with van der Waals surface area (Å²) in [5, 5.41) is 8.29. The Bertz CT molecular complexity index is 1050. The van der Waals surface area contributed by atoms with Crippen molar-refractivity contribution in [2.45, 2.75) is 6.92 Å². The van der Waals surface area contributed by atoms with Crippen LogP contribution in [0.4, 0.5) is 5.69 Å². The van der Waals surface area contributed by atoms with Gasteiger partial charge in [-0.05, 0) is 31.2 Å². The minimum Gasteiger partial charge on any atom is -0.320 e. The Labute approximate surface area is 144 Å². The van der Waals surface area contributed by atoms with Crippen LogP contribution in [0.3, 0.4) is 0 Å². The molecule has 0 aliphatic carbocycles. The van der Waals surface area contributed by atoms with E-state index in [9.17, 15) is 4.79 Å². The average molecular weight is 328 g/mol. The number of nitrogens with one attached hydrogen (secondary N) is 1. The Kier molecular flexibility index (Phi) is 3.74. The zero-order valence-electron chi connectivity index (χ0n) is 13.7. The van der Waals surface area contributed by atoms with Gasteiger partial charge in [-0.2, -0.15) is 5.10 Å². The number of benzene rings is 2. The molecule has 0 aliphatic rings. The smallest absolute Gasteiger partial charge is 0.259 e. The van der Waals surface area contributed by atoms with Crippen LogP contribution < -0.4 is 5.32 Å². The quantitative estimate of drug-likeness (QED) is 0.619. The Morgan fingerprint density at radius 2 is 1.80 bits per heavy atom. The maximum absolute atomic E-state index is 12.7. The van der Waals surface area contributed by atoms with E-state index in [-0.39, 0.29) is 5.91 Å². The number of anilines is 1. The molecule has 4 aromatic rings. The predicted molar refractivity (Wildman–Crippen MR) is 98.0 cm³/mol. The number of nitrogens with zero attached hydrogens (tertiary/aromatic N) is 3. The van der Waals surface area contributed by atoms with Gasteiger partial charge in [-0.1, -0.05) is 36.4 Å². The van der Waals surface area contributed by atoms with Crippen LogP contribution in [0.1, 0.15) is 16.1 Å². The summed E-state index contributed by atoms with van der Waals surface area (Å²) in [6.07, 6.45) is 3.31. The zero-order chi connectivity index (χ0) is 17.2. The normalized spacial score (nSPS) is 10.8. The van der Waals surface area contributed by atoms with Gasteiger partial charge in [0, 0.05) is 11.6 Å². The van der Waals surface area contributed by atoms with E-state index in [1.54, 1.807) is 17.1 Å². The molecule has 5 heteroatoms. The highest BCUT2D eigenvalue weighted by molar-refractivity contribution is 6.08. The molecule has 5 nitrogen and oxygen atoms in total. The van der Waals surface area contributed by atoms with Crippen molar-refractivity contribution in [2.24, 2.45) is 0 Å². The number of aromatic nitrogens is 3. The second-order valence-electron chi connectivity index (χ2n) is 5.73. The third-order valence-corrected chi connectivity index (χ3v) is 4.14. The molecule has 2 aromatic carbocycles. The first-order valence-corrected chi connectivity index (χ1v) is 7.99. The van der Waals surface area contributed by atoms with Gasteiger partial charge in [0.2, 0.25) is 0 Å². The van der Waals surface area contributed by atoms with Crippen molar-refractivity contribution in [3.63, 3.8) is 0 Å². The lowest BCUT2D eigenvalue weighted by atomic mass is 10.1. The largest absolute Gasteiger partial charge is 0.320 e. The lowest BCUT2D eigenvalue weighted by Gasteiger charge is -2.08. The number of rotatable bonds is 3. The first kappa shape index (κ1) is 15.1. The van der Waals surface area contributed by atoms with Crippen molar-refractivity contribution in [1.82, 2.24) is 14.8 Å². The van der Waals surface area contributed by atoms with Crippen LogP contribution in [0.25, 0.3) is 16.6 Å². The SMILES string of the molecule is Cc1c(C(=O)Nc2cccc3cccnc23)cnn1-c1ccccc1. The summed E-state index contributed by atoms with van der Waals surface area (Å²) in [5.74, 6) is -0.196. The van der Waals surface area contributed by atoms with Crippen molar-refractivity contribution in [3.8, 4) is 5.69 Å². The molecular formula is C20H16N4O. The number of para-hydroxylation sites is 2. The molecule has 0 atom stereocenters. The molecule has 0 saturated carbocycles. The van der Waals surface area contributed by atoms with Gasteiger partial charge in [0.15, 0.2) is 0 Å². The van der Waals surface area contributed by atoms with Gasteiger partial charge in [-0.15, -0.1) is 0 Å². The van der Waals surface area contributed by atoms with Crippen molar-refractivity contribution in [1.29, 1.82) is 0 Å². The van der Waals surface area contributed by atoms with Gasteiger partial charge in [-0.25, -0.2) is 4.68 Å². The van der Waals surface area contributed by atoms with Crippen molar-refractivity contribution < 1.29 is 4.79 Å². The summed E-state index contributed by atoms with van der Waals surface area (Å²) in [5.41, 5.74) is 3.71. The van der Waals surface area contributed by atoms with Gasteiger partial charge in [0.25, 0.3) is 5.91 Å². The molecule has 0 unspecified atom stereocenters. The Hall–Kier alpha value is -3.47. The summed E-state index contributed by atoms with van der Waals surface area (Å²) in [6.45, 7) is 1.89. The van der Waals surface area contributed by atoms with Gasteiger partial charge < -0.3 is 5.32 Å². The highest BCUT2D eigenvalue weighted by Crippen LogP contribution is 2.22. The maximum Gasteiger partial charge on any atom is 0.259 e.